The predicted molar refractivity (Wildman–Crippen MR) is 110 cm³/mol. The van der Waals surface area contributed by atoms with E-state index in [9.17, 15) is 31.1 Å². The van der Waals surface area contributed by atoms with E-state index >= 15 is 0 Å². The second-order valence-corrected chi connectivity index (χ2v) is 8.03. The molecule has 2 aromatic heterocycles. The van der Waals surface area contributed by atoms with Crippen molar-refractivity contribution >= 4 is 22.5 Å². The van der Waals surface area contributed by atoms with Gasteiger partial charge in [0.05, 0.1) is 0 Å². The standard InChI is InChI=1S/C22H20F6N4O/c23-21(24,25)18-10-14(11-19(32-18)22(26,27)28)30-12-4-6-13(7-5-12)31-20(33)16-2-1-3-17-15(16)8-9-29-17/h1-3,8-13,29H,4-7H2,(H,30,32)(H,31,33). The van der Waals surface area contributed by atoms with Gasteiger partial charge in [-0.15, -0.1) is 0 Å². The summed E-state index contributed by atoms with van der Waals surface area (Å²) in [4.78, 5) is 18.5. The Morgan fingerprint density at radius 2 is 1.52 bits per heavy atom. The summed E-state index contributed by atoms with van der Waals surface area (Å²) in [6.07, 6.45) is -6.23. The molecule has 1 saturated carbocycles. The summed E-state index contributed by atoms with van der Waals surface area (Å²) in [5, 5.41) is 6.54. The number of aromatic amines is 1. The second kappa shape index (κ2) is 8.60. The first-order valence-corrected chi connectivity index (χ1v) is 10.3. The van der Waals surface area contributed by atoms with E-state index in [-0.39, 0.29) is 23.7 Å². The normalized spacial score (nSPS) is 19.5. The fraction of sp³-hybridized carbons (Fsp3) is 0.364. The predicted octanol–water partition coefficient (Wildman–Crippen LogP) is 5.75. The lowest BCUT2D eigenvalue weighted by atomic mass is 9.90. The number of anilines is 1. The van der Waals surface area contributed by atoms with Crippen molar-refractivity contribution in [1.82, 2.24) is 15.3 Å². The van der Waals surface area contributed by atoms with E-state index in [4.69, 9.17) is 0 Å². The molecule has 11 heteroatoms. The molecule has 4 rings (SSSR count). The van der Waals surface area contributed by atoms with Crippen LogP contribution >= 0.6 is 0 Å². The van der Waals surface area contributed by atoms with E-state index in [1.54, 1.807) is 18.3 Å². The maximum absolute atomic E-state index is 13.0. The minimum Gasteiger partial charge on any atom is -0.382 e. The first-order valence-electron chi connectivity index (χ1n) is 10.3. The number of aromatic nitrogens is 2. The molecule has 0 radical (unpaired) electrons. The van der Waals surface area contributed by atoms with Gasteiger partial charge in [-0.2, -0.15) is 26.3 Å². The number of hydrogen-bond donors (Lipinski definition) is 3. The average Bonchev–Trinajstić information content (AvgIpc) is 3.22. The lowest BCUT2D eigenvalue weighted by Gasteiger charge is -2.30. The molecule has 5 nitrogen and oxygen atoms in total. The largest absolute Gasteiger partial charge is 0.433 e. The monoisotopic (exact) mass is 470 g/mol. The van der Waals surface area contributed by atoms with Gasteiger partial charge < -0.3 is 15.6 Å². The Morgan fingerprint density at radius 3 is 2.12 bits per heavy atom. The van der Waals surface area contributed by atoms with Crippen LogP contribution in [-0.4, -0.2) is 28.0 Å². The second-order valence-electron chi connectivity index (χ2n) is 8.03. The molecule has 0 saturated heterocycles. The number of H-pyrrole nitrogens is 1. The van der Waals surface area contributed by atoms with Crippen molar-refractivity contribution < 1.29 is 31.1 Å². The van der Waals surface area contributed by atoms with Crippen molar-refractivity contribution in [3.05, 3.63) is 59.5 Å². The van der Waals surface area contributed by atoms with E-state index in [0.29, 0.717) is 43.4 Å². The van der Waals surface area contributed by atoms with E-state index < -0.39 is 23.7 Å². The van der Waals surface area contributed by atoms with Crippen molar-refractivity contribution in [3.63, 3.8) is 0 Å². The highest BCUT2D eigenvalue weighted by molar-refractivity contribution is 6.06. The number of carbonyl (C=O) groups is 1. The van der Waals surface area contributed by atoms with Crippen LogP contribution in [0.1, 0.15) is 47.4 Å². The van der Waals surface area contributed by atoms with Gasteiger partial charge in [0.25, 0.3) is 5.91 Å². The van der Waals surface area contributed by atoms with Crippen LogP contribution in [-0.2, 0) is 12.4 Å². The van der Waals surface area contributed by atoms with Crippen molar-refractivity contribution in [3.8, 4) is 0 Å². The van der Waals surface area contributed by atoms with Gasteiger partial charge in [-0.3, -0.25) is 4.79 Å². The van der Waals surface area contributed by atoms with Crippen LogP contribution in [0.25, 0.3) is 10.9 Å². The lowest BCUT2D eigenvalue weighted by molar-refractivity contribution is -0.150. The van der Waals surface area contributed by atoms with Crippen LogP contribution in [0.2, 0.25) is 0 Å². The molecule has 0 bridgehead atoms. The van der Waals surface area contributed by atoms with Crippen molar-refractivity contribution in [2.75, 3.05) is 5.32 Å². The third-order valence-electron chi connectivity index (χ3n) is 5.68. The van der Waals surface area contributed by atoms with Crippen LogP contribution < -0.4 is 10.6 Å². The number of nitrogens with one attached hydrogen (secondary N) is 3. The smallest absolute Gasteiger partial charge is 0.382 e. The summed E-state index contributed by atoms with van der Waals surface area (Å²) in [5.74, 6) is -0.226. The van der Waals surface area contributed by atoms with Gasteiger partial charge in [-0.1, -0.05) is 6.07 Å². The van der Waals surface area contributed by atoms with Gasteiger partial charge in [-0.25, -0.2) is 4.98 Å². The minimum atomic E-state index is -5.00. The Hall–Kier alpha value is -3.24. The minimum absolute atomic E-state index is 0.140. The summed E-state index contributed by atoms with van der Waals surface area (Å²) in [5.41, 5.74) is -2.11. The Kier molecular flexibility index (Phi) is 5.98. The molecule has 2 heterocycles. The molecular weight excluding hydrogens is 450 g/mol. The van der Waals surface area contributed by atoms with Crippen LogP contribution in [0, 0.1) is 0 Å². The zero-order valence-electron chi connectivity index (χ0n) is 17.1. The molecule has 33 heavy (non-hydrogen) atoms. The maximum atomic E-state index is 13.0. The summed E-state index contributed by atoms with van der Waals surface area (Å²) in [7, 11) is 0. The summed E-state index contributed by atoms with van der Waals surface area (Å²) in [6.45, 7) is 0. The average molecular weight is 470 g/mol. The topological polar surface area (TPSA) is 69.8 Å². The van der Waals surface area contributed by atoms with Gasteiger partial charge in [-0.05, 0) is 56.0 Å². The van der Waals surface area contributed by atoms with Crippen molar-refractivity contribution in [2.45, 2.75) is 50.1 Å². The van der Waals surface area contributed by atoms with Crippen molar-refractivity contribution in [1.29, 1.82) is 0 Å². The molecule has 1 aromatic carbocycles. The highest BCUT2D eigenvalue weighted by Gasteiger charge is 2.39. The van der Waals surface area contributed by atoms with Crippen LogP contribution in [0.15, 0.2) is 42.6 Å². The number of carbonyl (C=O) groups excluding carboxylic acids is 1. The highest BCUT2D eigenvalue weighted by atomic mass is 19.4. The molecular formula is C22H20F6N4O. The Morgan fingerprint density at radius 1 is 0.909 bits per heavy atom. The summed E-state index contributed by atoms with van der Waals surface area (Å²) >= 11 is 0. The van der Waals surface area contributed by atoms with E-state index in [0.717, 1.165) is 10.9 Å². The number of alkyl halides is 6. The molecule has 3 aromatic rings. The molecule has 0 unspecified atom stereocenters. The molecule has 176 valence electrons. The molecule has 3 N–H and O–H groups in total. The number of amides is 1. The number of fused-ring (bicyclic) bond motifs is 1. The maximum Gasteiger partial charge on any atom is 0.433 e. The molecule has 1 aliphatic rings. The third-order valence-corrected chi connectivity index (χ3v) is 5.68. The molecule has 0 atom stereocenters. The number of nitrogens with zero attached hydrogens (tertiary/aromatic N) is 1. The van der Waals surface area contributed by atoms with Gasteiger partial charge in [0.1, 0.15) is 11.4 Å². The van der Waals surface area contributed by atoms with E-state index in [1.807, 2.05) is 12.1 Å². The number of halogens is 6. The molecule has 0 spiro atoms. The summed E-state index contributed by atoms with van der Waals surface area (Å²) < 4.78 is 78.0. The fourth-order valence-corrected chi connectivity index (χ4v) is 4.07. The third kappa shape index (κ3) is 5.23. The van der Waals surface area contributed by atoms with E-state index in [2.05, 4.69) is 20.6 Å². The van der Waals surface area contributed by atoms with Crippen LogP contribution in [0.3, 0.4) is 0 Å². The summed E-state index contributed by atoms with van der Waals surface area (Å²) in [6, 6.07) is 7.86. The number of pyridine rings is 1. The first kappa shape index (κ1) is 22.9. The zero-order valence-corrected chi connectivity index (χ0v) is 17.1. The van der Waals surface area contributed by atoms with Gasteiger partial charge >= 0.3 is 12.4 Å². The molecule has 1 aliphatic carbocycles. The van der Waals surface area contributed by atoms with E-state index in [1.165, 1.54) is 0 Å². The zero-order chi connectivity index (χ0) is 23.8. The molecule has 0 aliphatic heterocycles. The van der Waals surface area contributed by atoms with Gasteiger partial charge in [0.2, 0.25) is 0 Å². The van der Waals surface area contributed by atoms with Crippen LogP contribution in [0.5, 0.6) is 0 Å². The quantitative estimate of drug-likeness (QED) is 0.425. The Bertz CT molecular complexity index is 1110. The Labute approximate surface area is 184 Å². The Balaban J connectivity index is 1.39. The number of hydrogen-bond acceptors (Lipinski definition) is 3. The van der Waals surface area contributed by atoms with Crippen LogP contribution in [0.4, 0.5) is 32.0 Å². The highest BCUT2D eigenvalue weighted by Crippen LogP contribution is 2.35. The number of rotatable bonds is 4. The number of benzene rings is 1. The molecule has 1 amide bonds. The first-order chi connectivity index (χ1) is 15.5. The lowest BCUT2D eigenvalue weighted by Crippen LogP contribution is -2.40. The molecule has 1 fully saturated rings. The van der Waals surface area contributed by atoms with Crippen molar-refractivity contribution in [2.24, 2.45) is 0 Å². The fourth-order valence-electron chi connectivity index (χ4n) is 4.07. The van der Waals surface area contributed by atoms with Gasteiger partial charge in [0, 0.05) is 40.4 Å². The van der Waals surface area contributed by atoms with Gasteiger partial charge in [0.15, 0.2) is 0 Å². The SMILES string of the molecule is O=C(NC1CCC(Nc2cc(C(F)(F)F)nc(C(F)(F)F)c2)CC1)c1cccc2[nH]ccc12.